The molecule has 3 aromatic rings. The molecule has 0 radical (unpaired) electrons. The van der Waals surface area contributed by atoms with Gasteiger partial charge in [0.05, 0.1) is 11.7 Å². The van der Waals surface area contributed by atoms with Crippen molar-refractivity contribution in [1.29, 1.82) is 0 Å². The summed E-state index contributed by atoms with van der Waals surface area (Å²) < 4.78 is 2.60. The Morgan fingerprint density at radius 3 is 2.36 bits per heavy atom. The largest absolute Gasteiger partial charge is 0.358 e. The molecule has 0 unspecified atom stereocenters. The number of nitrogens with zero attached hydrogens (tertiary/aromatic N) is 4. The van der Waals surface area contributed by atoms with Gasteiger partial charge in [-0.2, -0.15) is 5.10 Å². The van der Waals surface area contributed by atoms with Gasteiger partial charge in [-0.15, -0.1) is 0 Å². The fourth-order valence-corrected chi connectivity index (χ4v) is 3.51. The first-order valence-corrected chi connectivity index (χ1v) is 9.23. The number of anilines is 1. The molecule has 3 heterocycles. The fraction of sp³-hybridized carbons (Fsp3) is 0.300. The maximum absolute atomic E-state index is 12.4. The minimum Gasteiger partial charge on any atom is -0.358 e. The first kappa shape index (κ1) is 18.0. The molecule has 1 aliphatic rings. The highest BCUT2D eigenvalue weighted by atomic mass is 16.2. The molecule has 0 saturated carbocycles. The molecule has 0 atom stereocenters. The molecule has 0 bridgehead atoms. The summed E-state index contributed by atoms with van der Waals surface area (Å²) in [6, 6.07) is 14.5. The van der Waals surface area contributed by atoms with E-state index in [1.54, 1.807) is 16.8 Å². The summed E-state index contributed by atoms with van der Waals surface area (Å²) in [7, 11) is 1.44. The minimum absolute atomic E-state index is 0.0225. The number of hydrogen-bond donors (Lipinski definition) is 1. The Bertz CT molecular complexity index is 1120. The molecule has 1 N–H and O–H groups in total. The summed E-state index contributed by atoms with van der Waals surface area (Å²) in [4.78, 5) is 40.8. The first-order chi connectivity index (χ1) is 13.5. The molecule has 144 valence electrons. The molecular formula is C20H21N5O3. The fourth-order valence-electron chi connectivity index (χ4n) is 3.51. The van der Waals surface area contributed by atoms with Crippen molar-refractivity contribution in [2.45, 2.75) is 18.9 Å². The van der Waals surface area contributed by atoms with Gasteiger partial charge in [0.1, 0.15) is 5.82 Å². The van der Waals surface area contributed by atoms with Crippen LogP contribution in [0.4, 0.5) is 5.82 Å². The highest BCUT2D eigenvalue weighted by Crippen LogP contribution is 2.24. The Kier molecular flexibility index (Phi) is 4.68. The van der Waals surface area contributed by atoms with Gasteiger partial charge in [-0.1, -0.05) is 30.3 Å². The van der Waals surface area contributed by atoms with Gasteiger partial charge in [-0.05, 0) is 18.9 Å². The van der Waals surface area contributed by atoms with E-state index in [-0.39, 0.29) is 17.2 Å². The van der Waals surface area contributed by atoms with Gasteiger partial charge in [0.25, 0.3) is 11.1 Å². The lowest BCUT2D eigenvalue weighted by Gasteiger charge is -2.33. The monoisotopic (exact) mass is 379 g/mol. The number of nitrogens with one attached hydrogen (secondary N) is 1. The van der Waals surface area contributed by atoms with E-state index in [2.05, 4.69) is 10.1 Å². The molecule has 0 spiro atoms. The van der Waals surface area contributed by atoms with Crippen LogP contribution >= 0.6 is 0 Å². The van der Waals surface area contributed by atoms with E-state index < -0.39 is 5.69 Å². The van der Waals surface area contributed by atoms with Crippen LogP contribution in [0, 0.1) is 0 Å². The highest BCUT2D eigenvalue weighted by Gasteiger charge is 2.23. The van der Waals surface area contributed by atoms with E-state index in [0.717, 1.165) is 15.8 Å². The number of aromatic nitrogens is 4. The second kappa shape index (κ2) is 7.30. The van der Waals surface area contributed by atoms with Crippen molar-refractivity contribution in [3.05, 3.63) is 79.7 Å². The van der Waals surface area contributed by atoms with Crippen LogP contribution in [0.15, 0.2) is 62.9 Å². The van der Waals surface area contributed by atoms with Crippen molar-refractivity contribution < 1.29 is 0 Å². The number of piperidine rings is 1. The summed E-state index contributed by atoms with van der Waals surface area (Å²) in [5, 5.41) is 4.58. The van der Waals surface area contributed by atoms with Crippen LogP contribution in [0.5, 0.6) is 0 Å². The zero-order valence-corrected chi connectivity index (χ0v) is 15.5. The second-order valence-electron chi connectivity index (χ2n) is 6.94. The molecule has 1 aromatic carbocycles. The molecule has 1 fully saturated rings. The molecule has 0 amide bonds. The Morgan fingerprint density at radius 2 is 1.68 bits per heavy atom. The van der Waals surface area contributed by atoms with Crippen LogP contribution in [-0.4, -0.2) is 32.4 Å². The topological polar surface area (TPSA) is 93.0 Å². The number of aromatic amines is 1. The van der Waals surface area contributed by atoms with E-state index in [0.29, 0.717) is 31.7 Å². The molecule has 8 nitrogen and oxygen atoms in total. The maximum atomic E-state index is 12.4. The van der Waals surface area contributed by atoms with Crippen LogP contribution in [-0.2, 0) is 7.05 Å². The quantitative estimate of drug-likeness (QED) is 0.737. The maximum Gasteiger partial charge on any atom is 0.329 e. The number of H-pyrrole nitrogens is 1. The van der Waals surface area contributed by atoms with Gasteiger partial charge in [0.2, 0.25) is 0 Å². The molecule has 28 heavy (non-hydrogen) atoms. The van der Waals surface area contributed by atoms with E-state index in [1.807, 2.05) is 35.2 Å². The lowest BCUT2D eigenvalue weighted by Crippen LogP contribution is -2.41. The third-order valence-electron chi connectivity index (χ3n) is 5.18. The van der Waals surface area contributed by atoms with Gasteiger partial charge in [-0.3, -0.25) is 19.1 Å². The SMILES string of the molecule is Cn1c(=O)cc(N2CCC(n3nc(-c4ccccc4)ccc3=O)CC2)[nH]c1=O. The van der Waals surface area contributed by atoms with Crippen LogP contribution in [0.3, 0.4) is 0 Å². The van der Waals surface area contributed by atoms with Crippen LogP contribution in [0.1, 0.15) is 18.9 Å². The third-order valence-corrected chi connectivity index (χ3v) is 5.18. The number of rotatable bonds is 3. The highest BCUT2D eigenvalue weighted by molar-refractivity contribution is 5.57. The molecule has 8 heteroatoms. The van der Waals surface area contributed by atoms with Crippen molar-refractivity contribution in [2.24, 2.45) is 7.05 Å². The molecular weight excluding hydrogens is 358 g/mol. The van der Waals surface area contributed by atoms with E-state index in [9.17, 15) is 14.4 Å². The Balaban J connectivity index is 1.55. The van der Waals surface area contributed by atoms with Crippen molar-refractivity contribution >= 4 is 5.82 Å². The molecule has 0 aliphatic carbocycles. The normalized spacial score (nSPS) is 15.0. The van der Waals surface area contributed by atoms with E-state index in [4.69, 9.17) is 0 Å². The average molecular weight is 379 g/mol. The van der Waals surface area contributed by atoms with Crippen molar-refractivity contribution in [3.8, 4) is 11.3 Å². The van der Waals surface area contributed by atoms with Crippen molar-refractivity contribution in [2.75, 3.05) is 18.0 Å². The first-order valence-electron chi connectivity index (χ1n) is 9.23. The van der Waals surface area contributed by atoms with Crippen molar-refractivity contribution in [1.82, 2.24) is 19.3 Å². The summed E-state index contributed by atoms with van der Waals surface area (Å²) in [5.74, 6) is 0.518. The Labute approximate surface area is 160 Å². The van der Waals surface area contributed by atoms with Crippen LogP contribution in [0.25, 0.3) is 11.3 Å². The van der Waals surface area contributed by atoms with E-state index >= 15 is 0 Å². The van der Waals surface area contributed by atoms with Gasteiger partial charge < -0.3 is 4.90 Å². The minimum atomic E-state index is -0.432. The zero-order valence-electron chi connectivity index (χ0n) is 15.5. The summed E-state index contributed by atoms with van der Waals surface area (Å²) >= 11 is 0. The second-order valence-corrected chi connectivity index (χ2v) is 6.94. The van der Waals surface area contributed by atoms with Gasteiger partial charge in [0.15, 0.2) is 0 Å². The number of benzene rings is 1. The standard InChI is InChI=1S/C20H21N5O3/c1-23-19(27)13-17(21-20(23)28)24-11-9-15(10-12-24)25-18(26)8-7-16(22-25)14-5-3-2-4-6-14/h2-8,13,15H,9-12H2,1H3,(H,21,28). The molecule has 1 saturated heterocycles. The van der Waals surface area contributed by atoms with E-state index in [1.165, 1.54) is 13.1 Å². The summed E-state index contributed by atoms with van der Waals surface area (Å²) in [5.41, 5.74) is 0.831. The van der Waals surface area contributed by atoms with Crippen molar-refractivity contribution in [3.63, 3.8) is 0 Å². The van der Waals surface area contributed by atoms with Gasteiger partial charge in [0, 0.05) is 37.8 Å². The molecule has 4 rings (SSSR count). The summed E-state index contributed by atoms with van der Waals surface area (Å²) in [6.07, 6.45) is 1.39. The predicted octanol–water partition coefficient (Wildman–Crippen LogP) is 1.14. The zero-order chi connectivity index (χ0) is 19.7. The molecule has 2 aromatic heterocycles. The van der Waals surface area contributed by atoms with Gasteiger partial charge in [-0.25, -0.2) is 9.48 Å². The van der Waals surface area contributed by atoms with Crippen LogP contribution in [0.2, 0.25) is 0 Å². The Hall–Kier alpha value is -3.42. The summed E-state index contributed by atoms with van der Waals surface area (Å²) in [6.45, 7) is 1.24. The lowest BCUT2D eigenvalue weighted by atomic mass is 10.1. The lowest BCUT2D eigenvalue weighted by molar-refractivity contribution is 0.353. The molecule has 1 aliphatic heterocycles. The number of hydrogen-bond acceptors (Lipinski definition) is 5. The smallest absolute Gasteiger partial charge is 0.329 e. The Morgan fingerprint density at radius 1 is 0.964 bits per heavy atom. The predicted molar refractivity (Wildman–Crippen MR) is 107 cm³/mol. The average Bonchev–Trinajstić information content (AvgIpc) is 2.73. The van der Waals surface area contributed by atoms with Gasteiger partial charge >= 0.3 is 5.69 Å². The third kappa shape index (κ3) is 3.40. The van der Waals surface area contributed by atoms with Crippen LogP contribution < -0.4 is 21.7 Å².